The summed E-state index contributed by atoms with van der Waals surface area (Å²) >= 11 is 0. The zero-order valence-electron chi connectivity index (χ0n) is 10.5. The van der Waals surface area contributed by atoms with E-state index in [0.717, 1.165) is 24.3 Å². The molecule has 0 radical (unpaired) electrons. The maximum atomic E-state index is 13.6. The van der Waals surface area contributed by atoms with Gasteiger partial charge in [-0.05, 0) is 24.3 Å². The third-order valence-corrected chi connectivity index (χ3v) is 2.68. The molecule has 0 heterocycles. The fourth-order valence-electron chi connectivity index (χ4n) is 1.64. The minimum atomic E-state index is -0.784. The van der Waals surface area contributed by atoms with Crippen LogP contribution in [0.5, 0.6) is 5.75 Å². The molecule has 0 fully saturated rings. The summed E-state index contributed by atoms with van der Waals surface area (Å²) in [6, 6.07) is 8.42. The highest BCUT2D eigenvalue weighted by molar-refractivity contribution is 5.46. The van der Waals surface area contributed by atoms with Crippen molar-refractivity contribution in [1.82, 2.24) is 0 Å². The lowest BCUT2D eigenvalue weighted by atomic mass is 10.1. The standard InChI is InChI=1S/C14H8F2N2O3/c15-11-3-4-14(13(6-11)18(19)20)21-8-10-2-1-9(7-17)5-12(10)16/h1-6H,8H2. The van der Waals surface area contributed by atoms with E-state index < -0.39 is 22.2 Å². The molecule has 0 atom stereocenters. The maximum absolute atomic E-state index is 13.6. The van der Waals surface area contributed by atoms with Crippen molar-refractivity contribution in [3.63, 3.8) is 0 Å². The number of nitrogens with zero attached hydrogens (tertiary/aromatic N) is 2. The molecule has 0 aliphatic carbocycles. The molecular weight excluding hydrogens is 282 g/mol. The second kappa shape index (κ2) is 5.96. The maximum Gasteiger partial charge on any atom is 0.313 e. The van der Waals surface area contributed by atoms with E-state index in [-0.39, 0.29) is 23.5 Å². The van der Waals surface area contributed by atoms with E-state index in [2.05, 4.69) is 0 Å². The second-order valence-electron chi connectivity index (χ2n) is 4.08. The van der Waals surface area contributed by atoms with Crippen LogP contribution < -0.4 is 4.74 Å². The third kappa shape index (κ3) is 3.30. The minimum Gasteiger partial charge on any atom is -0.482 e. The van der Waals surface area contributed by atoms with E-state index in [4.69, 9.17) is 10.00 Å². The summed E-state index contributed by atoms with van der Waals surface area (Å²) in [7, 11) is 0. The molecule has 2 rings (SSSR count). The van der Waals surface area contributed by atoms with Gasteiger partial charge in [-0.3, -0.25) is 10.1 Å². The molecule has 5 nitrogen and oxygen atoms in total. The molecule has 2 aromatic carbocycles. The summed E-state index contributed by atoms with van der Waals surface area (Å²) in [4.78, 5) is 10.0. The average molecular weight is 290 g/mol. The fraction of sp³-hybridized carbons (Fsp3) is 0.0714. The van der Waals surface area contributed by atoms with E-state index in [1.807, 2.05) is 0 Å². The van der Waals surface area contributed by atoms with E-state index in [0.29, 0.717) is 0 Å². The zero-order chi connectivity index (χ0) is 15.4. The summed E-state index contributed by atoms with van der Waals surface area (Å²) < 4.78 is 31.8. The summed E-state index contributed by atoms with van der Waals surface area (Å²) in [5, 5.41) is 19.4. The topological polar surface area (TPSA) is 76.2 Å². The van der Waals surface area contributed by atoms with Crippen LogP contribution >= 0.6 is 0 Å². The molecule has 0 unspecified atom stereocenters. The van der Waals surface area contributed by atoms with Gasteiger partial charge in [0.15, 0.2) is 5.75 Å². The lowest BCUT2D eigenvalue weighted by molar-refractivity contribution is -0.386. The number of halogens is 2. The first-order valence-corrected chi connectivity index (χ1v) is 5.76. The number of rotatable bonds is 4. The van der Waals surface area contributed by atoms with Crippen LogP contribution in [0.3, 0.4) is 0 Å². The number of benzene rings is 2. The van der Waals surface area contributed by atoms with Gasteiger partial charge in [-0.25, -0.2) is 8.78 Å². The molecule has 2 aromatic rings. The molecule has 0 spiro atoms. The Bertz CT molecular complexity index is 741. The molecule has 0 aromatic heterocycles. The van der Waals surface area contributed by atoms with Crippen molar-refractivity contribution in [2.45, 2.75) is 6.61 Å². The molecule has 0 aliphatic heterocycles. The molecule has 21 heavy (non-hydrogen) atoms. The number of hydrogen-bond acceptors (Lipinski definition) is 4. The SMILES string of the molecule is N#Cc1ccc(COc2ccc(F)cc2[N+](=O)[O-])c(F)c1. The van der Waals surface area contributed by atoms with E-state index in [1.165, 1.54) is 12.1 Å². The Kier molecular flexibility index (Phi) is 4.09. The molecule has 0 N–H and O–H groups in total. The highest BCUT2D eigenvalue weighted by Crippen LogP contribution is 2.28. The van der Waals surface area contributed by atoms with Crippen LogP contribution in [-0.2, 0) is 6.61 Å². The van der Waals surface area contributed by atoms with Gasteiger partial charge >= 0.3 is 5.69 Å². The Hall–Kier alpha value is -3.01. The van der Waals surface area contributed by atoms with Crippen molar-refractivity contribution < 1.29 is 18.4 Å². The fourth-order valence-corrected chi connectivity index (χ4v) is 1.64. The highest BCUT2D eigenvalue weighted by atomic mass is 19.1. The smallest absolute Gasteiger partial charge is 0.313 e. The first-order valence-electron chi connectivity index (χ1n) is 5.76. The molecule has 0 saturated heterocycles. The van der Waals surface area contributed by atoms with E-state index in [1.54, 1.807) is 6.07 Å². The monoisotopic (exact) mass is 290 g/mol. The molecular formula is C14H8F2N2O3. The Balaban J connectivity index is 2.21. The van der Waals surface area contributed by atoms with Gasteiger partial charge in [0.05, 0.1) is 22.6 Å². The number of ether oxygens (including phenoxy) is 1. The number of nitro benzene ring substituents is 1. The largest absolute Gasteiger partial charge is 0.482 e. The van der Waals surface area contributed by atoms with Crippen LogP contribution in [0.15, 0.2) is 36.4 Å². The summed E-state index contributed by atoms with van der Waals surface area (Å²) in [5.74, 6) is -1.58. The molecule has 0 aliphatic rings. The molecule has 0 amide bonds. The van der Waals surface area contributed by atoms with Crippen LogP contribution in [-0.4, -0.2) is 4.92 Å². The molecule has 7 heteroatoms. The van der Waals surface area contributed by atoms with E-state index in [9.17, 15) is 18.9 Å². The van der Waals surface area contributed by atoms with Crippen LogP contribution in [0.4, 0.5) is 14.5 Å². The Morgan fingerprint density at radius 1 is 1.24 bits per heavy atom. The van der Waals surface area contributed by atoms with Crippen LogP contribution in [0.2, 0.25) is 0 Å². The summed E-state index contributed by atoms with van der Waals surface area (Å²) in [6.45, 7) is -0.274. The van der Waals surface area contributed by atoms with Gasteiger partial charge in [-0.2, -0.15) is 5.26 Å². The van der Waals surface area contributed by atoms with Crippen LogP contribution in [0.25, 0.3) is 0 Å². The molecule has 0 bridgehead atoms. The van der Waals surface area contributed by atoms with Crippen molar-refractivity contribution in [3.8, 4) is 11.8 Å². The molecule has 0 saturated carbocycles. The van der Waals surface area contributed by atoms with Crippen molar-refractivity contribution in [2.24, 2.45) is 0 Å². The van der Waals surface area contributed by atoms with Gasteiger partial charge in [0.25, 0.3) is 0 Å². The summed E-state index contributed by atoms with van der Waals surface area (Å²) in [5.41, 5.74) is -0.249. The quantitative estimate of drug-likeness (QED) is 0.639. The normalized spacial score (nSPS) is 9.95. The Morgan fingerprint density at radius 3 is 2.62 bits per heavy atom. The number of nitriles is 1. The van der Waals surface area contributed by atoms with Gasteiger partial charge in [0, 0.05) is 5.56 Å². The first kappa shape index (κ1) is 14.4. The number of nitro groups is 1. The lowest BCUT2D eigenvalue weighted by Crippen LogP contribution is -2.01. The number of hydrogen-bond donors (Lipinski definition) is 0. The van der Waals surface area contributed by atoms with Gasteiger partial charge in [0.2, 0.25) is 0 Å². The van der Waals surface area contributed by atoms with Gasteiger partial charge in [-0.1, -0.05) is 6.07 Å². The second-order valence-corrected chi connectivity index (χ2v) is 4.08. The van der Waals surface area contributed by atoms with Crippen molar-refractivity contribution in [2.75, 3.05) is 0 Å². The van der Waals surface area contributed by atoms with Crippen molar-refractivity contribution >= 4 is 5.69 Å². The lowest BCUT2D eigenvalue weighted by Gasteiger charge is -2.08. The van der Waals surface area contributed by atoms with Gasteiger partial charge in [0.1, 0.15) is 18.2 Å². The van der Waals surface area contributed by atoms with Crippen LogP contribution in [0.1, 0.15) is 11.1 Å². The first-order chi connectivity index (χ1) is 10.0. The average Bonchev–Trinajstić information content (AvgIpc) is 2.46. The summed E-state index contributed by atoms with van der Waals surface area (Å²) in [6.07, 6.45) is 0. The predicted molar refractivity (Wildman–Crippen MR) is 68.5 cm³/mol. The third-order valence-electron chi connectivity index (χ3n) is 2.68. The highest BCUT2D eigenvalue weighted by Gasteiger charge is 2.17. The molecule has 106 valence electrons. The van der Waals surface area contributed by atoms with E-state index >= 15 is 0 Å². The van der Waals surface area contributed by atoms with Gasteiger partial charge in [-0.15, -0.1) is 0 Å². The van der Waals surface area contributed by atoms with Crippen molar-refractivity contribution in [3.05, 3.63) is 69.3 Å². The Morgan fingerprint density at radius 2 is 2.00 bits per heavy atom. The Labute approximate surface area is 118 Å². The minimum absolute atomic E-state index is 0.132. The predicted octanol–water partition coefficient (Wildman–Crippen LogP) is 3.32. The van der Waals surface area contributed by atoms with Crippen molar-refractivity contribution in [1.29, 1.82) is 5.26 Å². The van der Waals surface area contributed by atoms with Crippen LogP contribution in [0, 0.1) is 33.1 Å². The zero-order valence-corrected chi connectivity index (χ0v) is 10.5. The van der Waals surface area contributed by atoms with Gasteiger partial charge < -0.3 is 4.74 Å².